The maximum absolute atomic E-state index is 12.9. The lowest BCUT2D eigenvalue weighted by Gasteiger charge is -2.21. The maximum atomic E-state index is 12.9. The topological polar surface area (TPSA) is 92.3 Å². The van der Waals surface area contributed by atoms with Crippen LogP contribution < -0.4 is 10.6 Å². The SMILES string of the molecule is Nc1nc(C(F)(F)F)c(N2CCCC2)nc1C(=O)O. The van der Waals surface area contributed by atoms with Crippen molar-refractivity contribution in [3.05, 3.63) is 11.4 Å². The molecule has 0 radical (unpaired) electrons. The van der Waals surface area contributed by atoms with Gasteiger partial charge in [-0.05, 0) is 12.8 Å². The number of rotatable bonds is 2. The molecule has 0 atom stereocenters. The number of nitrogens with zero attached hydrogens (tertiary/aromatic N) is 3. The Morgan fingerprint density at radius 1 is 1.26 bits per heavy atom. The lowest BCUT2D eigenvalue weighted by molar-refractivity contribution is -0.140. The van der Waals surface area contributed by atoms with Crippen molar-refractivity contribution in [2.24, 2.45) is 0 Å². The minimum atomic E-state index is -4.73. The largest absolute Gasteiger partial charge is 0.476 e. The van der Waals surface area contributed by atoms with Crippen molar-refractivity contribution in [1.82, 2.24) is 9.97 Å². The standard InChI is InChI=1S/C10H11F3N4O2/c11-10(12,13)6-8(17-3-1-2-4-17)15-5(9(18)19)7(14)16-6/h1-4H2,(H2,14,16)(H,18,19). The third-order valence-corrected chi connectivity index (χ3v) is 2.78. The zero-order valence-corrected chi connectivity index (χ0v) is 9.74. The van der Waals surface area contributed by atoms with Gasteiger partial charge in [-0.15, -0.1) is 0 Å². The summed E-state index contributed by atoms with van der Waals surface area (Å²) in [6.07, 6.45) is -3.27. The number of carboxylic acid groups (broad SMARTS) is 1. The summed E-state index contributed by atoms with van der Waals surface area (Å²) < 4.78 is 38.6. The number of alkyl halides is 3. The van der Waals surface area contributed by atoms with Crippen LogP contribution >= 0.6 is 0 Å². The van der Waals surface area contributed by atoms with Gasteiger partial charge in [0.25, 0.3) is 0 Å². The lowest BCUT2D eigenvalue weighted by atomic mass is 10.3. The van der Waals surface area contributed by atoms with Crippen molar-refractivity contribution in [1.29, 1.82) is 0 Å². The summed E-state index contributed by atoms with van der Waals surface area (Å²) in [5, 5.41) is 8.84. The van der Waals surface area contributed by atoms with Gasteiger partial charge in [-0.1, -0.05) is 0 Å². The molecular formula is C10H11F3N4O2. The number of anilines is 2. The Balaban J connectivity index is 2.58. The van der Waals surface area contributed by atoms with Crippen molar-refractivity contribution in [3.63, 3.8) is 0 Å². The van der Waals surface area contributed by atoms with E-state index < -0.39 is 35.2 Å². The molecule has 0 aromatic carbocycles. The van der Waals surface area contributed by atoms with Crippen LogP contribution in [0.15, 0.2) is 0 Å². The van der Waals surface area contributed by atoms with E-state index in [0.717, 1.165) is 12.8 Å². The van der Waals surface area contributed by atoms with Gasteiger partial charge in [0.1, 0.15) is 0 Å². The molecule has 0 amide bonds. The molecule has 1 aliphatic heterocycles. The van der Waals surface area contributed by atoms with Gasteiger partial charge < -0.3 is 15.7 Å². The highest BCUT2D eigenvalue weighted by molar-refractivity contribution is 5.90. The smallest absolute Gasteiger partial charge is 0.437 e. The minimum absolute atomic E-state index is 0.390. The first kappa shape index (κ1) is 13.4. The number of hydrogen-bond donors (Lipinski definition) is 2. The number of halogens is 3. The van der Waals surface area contributed by atoms with Crippen LogP contribution in [0.1, 0.15) is 29.0 Å². The quantitative estimate of drug-likeness (QED) is 0.847. The molecule has 1 fully saturated rings. The Kier molecular flexibility index (Phi) is 3.21. The summed E-state index contributed by atoms with van der Waals surface area (Å²) in [4.78, 5) is 19.0. The fourth-order valence-electron chi connectivity index (χ4n) is 1.94. The van der Waals surface area contributed by atoms with Gasteiger partial charge in [0.15, 0.2) is 23.0 Å². The van der Waals surface area contributed by atoms with Crippen LogP contribution in [-0.2, 0) is 6.18 Å². The van der Waals surface area contributed by atoms with E-state index in [1.54, 1.807) is 0 Å². The molecule has 19 heavy (non-hydrogen) atoms. The van der Waals surface area contributed by atoms with Crippen molar-refractivity contribution in [2.75, 3.05) is 23.7 Å². The summed E-state index contributed by atoms with van der Waals surface area (Å²) in [5.74, 6) is -2.70. The molecule has 6 nitrogen and oxygen atoms in total. The van der Waals surface area contributed by atoms with Crippen molar-refractivity contribution < 1.29 is 23.1 Å². The molecule has 2 heterocycles. The van der Waals surface area contributed by atoms with Crippen LogP contribution in [0.5, 0.6) is 0 Å². The number of carbonyl (C=O) groups is 1. The van der Waals surface area contributed by atoms with Gasteiger partial charge >= 0.3 is 12.1 Å². The predicted octanol–water partition coefficient (Wildman–Crippen LogP) is 1.38. The van der Waals surface area contributed by atoms with Crippen molar-refractivity contribution >= 4 is 17.6 Å². The summed E-state index contributed by atoms with van der Waals surface area (Å²) in [6.45, 7) is 0.779. The second kappa shape index (κ2) is 4.56. The number of nitrogens with two attached hydrogens (primary N) is 1. The molecule has 1 aromatic heterocycles. The Bertz CT molecular complexity index is 512. The highest BCUT2D eigenvalue weighted by Gasteiger charge is 2.40. The molecule has 0 unspecified atom stereocenters. The average molecular weight is 276 g/mol. The first-order valence-electron chi connectivity index (χ1n) is 5.53. The van der Waals surface area contributed by atoms with Gasteiger partial charge in [0, 0.05) is 13.1 Å². The molecule has 1 saturated heterocycles. The van der Waals surface area contributed by atoms with E-state index >= 15 is 0 Å². The molecule has 9 heteroatoms. The number of carboxylic acids is 1. The van der Waals surface area contributed by atoms with E-state index in [4.69, 9.17) is 10.8 Å². The van der Waals surface area contributed by atoms with E-state index in [2.05, 4.69) is 9.97 Å². The lowest BCUT2D eigenvalue weighted by Crippen LogP contribution is -2.26. The summed E-state index contributed by atoms with van der Waals surface area (Å²) >= 11 is 0. The second-order valence-corrected chi connectivity index (χ2v) is 4.13. The van der Waals surface area contributed by atoms with Gasteiger partial charge in [0.05, 0.1) is 0 Å². The van der Waals surface area contributed by atoms with Gasteiger partial charge in [0.2, 0.25) is 0 Å². The molecule has 104 valence electrons. The molecule has 1 aliphatic rings. The van der Waals surface area contributed by atoms with Crippen LogP contribution in [-0.4, -0.2) is 34.1 Å². The van der Waals surface area contributed by atoms with Crippen molar-refractivity contribution in [2.45, 2.75) is 19.0 Å². The highest BCUT2D eigenvalue weighted by atomic mass is 19.4. The first-order chi connectivity index (χ1) is 8.80. The van der Waals surface area contributed by atoms with E-state index in [0.29, 0.717) is 13.1 Å². The maximum Gasteiger partial charge on any atom is 0.437 e. The third-order valence-electron chi connectivity index (χ3n) is 2.78. The first-order valence-corrected chi connectivity index (χ1v) is 5.53. The van der Waals surface area contributed by atoms with Crippen LogP contribution in [0.2, 0.25) is 0 Å². The van der Waals surface area contributed by atoms with Crippen LogP contribution in [0, 0.1) is 0 Å². The Labute approximate surface area is 106 Å². The number of aromatic nitrogens is 2. The molecule has 0 bridgehead atoms. The number of nitrogen functional groups attached to an aromatic ring is 1. The number of aromatic carboxylic acids is 1. The molecular weight excluding hydrogens is 265 g/mol. The van der Waals surface area contributed by atoms with E-state index in [1.807, 2.05) is 0 Å². The van der Waals surface area contributed by atoms with E-state index in [-0.39, 0.29) is 0 Å². The van der Waals surface area contributed by atoms with Gasteiger partial charge in [-0.2, -0.15) is 13.2 Å². The molecule has 0 saturated carbocycles. The van der Waals surface area contributed by atoms with Crippen LogP contribution in [0.3, 0.4) is 0 Å². The Morgan fingerprint density at radius 2 is 1.84 bits per heavy atom. The Morgan fingerprint density at radius 3 is 2.32 bits per heavy atom. The third kappa shape index (κ3) is 2.54. The molecule has 0 spiro atoms. The molecule has 2 rings (SSSR count). The van der Waals surface area contributed by atoms with Gasteiger partial charge in [-0.25, -0.2) is 14.8 Å². The fourth-order valence-corrected chi connectivity index (χ4v) is 1.94. The van der Waals surface area contributed by atoms with E-state index in [1.165, 1.54) is 4.90 Å². The van der Waals surface area contributed by atoms with Crippen LogP contribution in [0.25, 0.3) is 0 Å². The minimum Gasteiger partial charge on any atom is -0.476 e. The zero-order valence-electron chi connectivity index (χ0n) is 9.74. The predicted molar refractivity (Wildman–Crippen MR) is 59.9 cm³/mol. The van der Waals surface area contributed by atoms with Crippen LogP contribution in [0.4, 0.5) is 24.8 Å². The van der Waals surface area contributed by atoms with Crippen molar-refractivity contribution in [3.8, 4) is 0 Å². The normalized spacial score (nSPS) is 15.8. The fraction of sp³-hybridized carbons (Fsp3) is 0.500. The Hall–Kier alpha value is -2.06. The second-order valence-electron chi connectivity index (χ2n) is 4.13. The average Bonchev–Trinajstić information content (AvgIpc) is 2.80. The summed E-state index contributed by atoms with van der Waals surface area (Å²) in [6, 6.07) is 0. The molecule has 3 N–H and O–H groups in total. The highest BCUT2D eigenvalue weighted by Crippen LogP contribution is 2.36. The monoisotopic (exact) mass is 276 g/mol. The molecule has 1 aromatic rings. The summed E-state index contributed by atoms with van der Waals surface area (Å²) in [5.41, 5.74) is 3.32. The van der Waals surface area contributed by atoms with Gasteiger partial charge in [-0.3, -0.25) is 0 Å². The number of hydrogen-bond acceptors (Lipinski definition) is 5. The zero-order chi connectivity index (χ0) is 14.2. The molecule has 0 aliphatic carbocycles. The summed E-state index contributed by atoms with van der Waals surface area (Å²) in [7, 11) is 0. The van der Waals surface area contributed by atoms with E-state index in [9.17, 15) is 18.0 Å².